The molecule has 1 aromatic heterocycles. The van der Waals surface area contributed by atoms with Crippen molar-refractivity contribution in [3.05, 3.63) is 17.5 Å². The van der Waals surface area contributed by atoms with Crippen LogP contribution in [0.1, 0.15) is 30.1 Å². The molecule has 1 N–H and O–H groups in total. The Bertz CT molecular complexity index is 276. The zero-order valence-electron chi connectivity index (χ0n) is 8.08. The van der Waals surface area contributed by atoms with Gasteiger partial charge in [0.15, 0.2) is 0 Å². The highest BCUT2D eigenvalue weighted by Crippen LogP contribution is 2.24. The van der Waals surface area contributed by atoms with Gasteiger partial charge in [0.2, 0.25) is 0 Å². The summed E-state index contributed by atoms with van der Waals surface area (Å²) in [7, 11) is 1.98. The number of aromatic nitrogens is 2. The van der Waals surface area contributed by atoms with Gasteiger partial charge in [0.1, 0.15) is 0 Å². The Kier molecular flexibility index (Phi) is 3.33. The topological polar surface area (TPSA) is 29.9 Å². The second-order valence-corrected chi connectivity index (χ2v) is 3.49. The average molecular weight is 202 g/mol. The number of nitrogens with one attached hydrogen (secondary N) is 1. The lowest BCUT2D eigenvalue weighted by Crippen LogP contribution is -2.12. The first-order chi connectivity index (χ1) is 5.77. The highest BCUT2D eigenvalue weighted by atomic mass is 35.5. The molecule has 0 spiro atoms. The summed E-state index contributed by atoms with van der Waals surface area (Å²) in [6.07, 6.45) is 4.67. The third-order valence-electron chi connectivity index (χ3n) is 2.49. The lowest BCUT2D eigenvalue weighted by Gasteiger charge is -2.07. The number of hydrogen-bond acceptors (Lipinski definition) is 2. The highest BCUT2D eigenvalue weighted by molar-refractivity contribution is 5.85. The summed E-state index contributed by atoms with van der Waals surface area (Å²) in [6, 6.07) is 0.554. The van der Waals surface area contributed by atoms with Crippen molar-refractivity contribution >= 4 is 12.4 Å². The molecule has 2 rings (SSSR count). The first kappa shape index (κ1) is 10.5. The molecule has 0 radical (unpaired) electrons. The van der Waals surface area contributed by atoms with Crippen molar-refractivity contribution < 1.29 is 0 Å². The molecule has 3 nitrogen and oxygen atoms in total. The summed E-state index contributed by atoms with van der Waals surface area (Å²) in [6.45, 7) is 3.23. The molecule has 0 aromatic carbocycles. The molecular weight excluding hydrogens is 186 g/mol. The maximum Gasteiger partial charge on any atom is 0.0641 e. The molecule has 1 aliphatic rings. The summed E-state index contributed by atoms with van der Waals surface area (Å²) >= 11 is 0. The standard InChI is InChI=1S/C9H15N3.ClH/c1-7-8(6-12(2)11-7)9-4-3-5-10-9;/h6,9-10H,3-5H2,1-2H3;1H/t9-;/m0./s1. The van der Waals surface area contributed by atoms with Gasteiger partial charge in [-0.05, 0) is 26.3 Å². The molecular formula is C9H16ClN3. The zero-order chi connectivity index (χ0) is 8.55. The molecule has 0 saturated carbocycles. The van der Waals surface area contributed by atoms with E-state index in [-0.39, 0.29) is 12.4 Å². The van der Waals surface area contributed by atoms with Crippen LogP contribution in [0.25, 0.3) is 0 Å². The van der Waals surface area contributed by atoms with Crippen LogP contribution in [-0.2, 0) is 7.05 Å². The monoisotopic (exact) mass is 201 g/mol. The summed E-state index contributed by atoms with van der Waals surface area (Å²) in [5.74, 6) is 0. The van der Waals surface area contributed by atoms with Gasteiger partial charge in [0.25, 0.3) is 0 Å². The Morgan fingerprint density at radius 3 is 2.85 bits per heavy atom. The van der Waals surface area contributed by atoms with Gasteiger partial charge in [-0.3, -0.25) is 4.68 Å². The maximum absolute atomic E-state index is 4.33. The van der Waals surface area contributed by atoms with E-state index in [4.69, 9.17) is 0 Å². The van der Waals surface area contributed by atoms with Crippen LogP contribution >= 0.6 is 12.4 Å². The first-order valence-electron chi connectivity index (χ1n) is 4.51. The van der Waals surface area contributed by atoms with E-state index < -0.39 is 0 Å². The number of rotatable bonds is 1. The molecule has 0 amide bonds. The SMILES string of the molecule is Cc1nn(C)cc1[C@@H]1CCCN1.Cl. The van der Waals surface area contributed by atoms with Gasteiger partial charge in [0.05, 0.1) is 5.69 Å². The molecule has 0 unspecified atom stereocenters. The van der Waals surface area contributed by atoms with Crippen LogP contribution in [0.4, 0.5) is 0 Å². The fraction of sp³-hybridized carbons (Fsp3) is 0.667. The summed E-state index contributed by atoms with van der Waals surface area (Å²) in [4.78, 5) is 0. The second kappa shape index (κ2) is 4.11. The Morgan fingerprint density at radius 2 is 2.38 bits per heavy atom. The number of nitrogens with zero attached hydrogens (tertiary/aromatic N) is 2. The first-order valence-corrected chi connectivity index (χ1v) is 4.51. The Hall–Kier alpha value is -0.540. The number of halogens is 1. The Morgan fingerprint density at radius 1 is 1.62 bits per heavy atom. The van der Waals surface area contributed by atoms with E-state index in [0.717, 1.165) is 12.2 Å². The van der Waals surface area contributed by atoms with Crippen LogP contribution in [0.2, 0.25) is 0 Å². The third-order valence-corrected chi connectivity index (χ3v) is 2.49. The Labute approximate surface area is 84.9 Å². The molecule has 4 heteroatoms. The average Bonchev–Trinajstić information content (AvgIpc) is 2.58. The van der Waals surface area contributed by atoms with Gasteiger partial charge < -0.3 is 5.32 Å². The largest absolute Gasteiger partial charge is 0.310 e. The molecule has 0 aliphatic carbocycles. The highest BCUT2D eigenvalue weighted by Gasteiger charge is 2.19. The van der Waals surface area contributed by atoms with E-state index in [9.17, 15) is 0 Å². The molecule has 1 aromatic rings. The van der Waals surface area contributed by atoms with Crippen molar-refractivity contribution in [2.24, 2.45) is 7.05 Å². The minimum atomic E-state index is 0. The molecule has 1 aliphatic heterocycles. The zero-order valence-corrected chi connectivity index (χ0v) is 8.90. The predicted octanol–water partition coefficient (Wildman–Crippen LogP) is 1.57. The molecule has 1 fully saturated rings. The van der Waals surface area contributed by atoms with Gasteiger partial charge in [-0.1, -0.05) is 0 Å². The molecule has 1 saturated heterocycles. The van der Waals surface area contributed by atoms with E-state index in [2.05, 4.69) is 23.5 Å². The van der Waals surface area contributed by atoms with Crippen molar-refractivity contribution in [3.63, 3.8) is 0 Å². The molecule has 2 heterocycles. The van der Waals surface area contributed by atoms with Crippen LogP contribution in [0.15, 0.2) is 6.20 Å². The minimum absolute atomic E-state index is 0. The van der Waals surface area contributed by atoms with Gasteiger partial charge in [-0.25, -0.2) is 0 Å². The predicted molar refractivity (Wildman–Crippen MR) is 55.2 cm³/mol. The van der Waals surface area contributed by atoms with Crippen LogP contribution in [0.3, 0.4) is 0 Å². The fourth-order valence-electron chi connectivity index (χ4n) is 1.91. The van der Waals surface area contributed by atoms with Crippen LogP contribution in [-0.4, -0.2) is 16.3 Å². The Balaban J connectivity index is 0.000000845. The van der Waals surface area contributed by atoms with Crippen molar-refractivity contribution in [2.75, 3.05) is 6.54 Å². The smallest absolute Gasteiger partial charge is 0.0641 e. The van der Waals surface area contributed by atoms with Gasteiger partial charge in [-0.15, -0.1) is 12.4 Å². The van der Waals surface area contributed by atoms with E-state index in [1.807, 2.05) is 11.7 Å². The van der Waals surface area contributed by atoms with Gasteiger partial charge >= 0.3 is 0 Å². The summed E-state index contributed by atoms with van der Waals surface area (Å²) in [5.41, 5.74) is 2.53. The van der Waals surface area contributed by atoms with Crippen molar-refractivity contribution in [3.8, 4) is 0 Å². The van der Waals surface area contributed by atoms with Gasteiger partial charge in [0, 0.05) is 24.8 Å². The van der Waals surface area contributed by atoms with Crippen molar-refractivity contribution in [1.29, 1.82) is 0 Å². The molecule has 13 heavy (non-hydrogen) atoms. The fourth-order valence-corrected chi connectivity index (χ4v) is 1.91. The van der Waals surface area contributed by atoms with Crippen molar-refractivity contribution in [2.45, 2.75) is 25.8 Å². The van der Waals surface area contributed by atoms with E-state index in [1.54, 1.807) is 0 Å². The maximum atomic E-state index is 4.33. The number of hydrogen-bond donors (Lipinski definition) is 1. The molecule has 74 valence electrons. The van der Waals surface area contributed by atoms with Crippen LogP contribution in [0.5, 0.6) is 0 Å². The third kappa shape index (κ3) is 2.03. The number of aryl methyl sites for hydroxylation is 2. The summed E-state index contributed by atoms with van der Waals surface area (Å²) < 4.78 is 1.89. The lowest BCUT2D eigenvalue weighted by atomic mass is 10.1. The van der Waals surface area contributed by atoms with Gasteiger partial charge in [-0.2, -0.15) is 5.10 Å². The molecule has 1 atom stereocenters. The molecule has 0 bridgehead atoms. The van der Waals surface area contributed by atoms with E-state index >= 15 is 0 Å². The van der Waals surface area contributed by atoms with Crippen LogP contribution < -0.4 is 5.32 Å². The van der Waals surface area contributed by atoms with Crippen molar-refractivity contribution in [1.82, 2.24) is 15.1 Å². The lowest BCUT2D eigenvalue weighted by molar-refractivity contribution is 0.643. The van der Waals surface area contributed by atoms with Crippen LogP contribution in [0, 0.1) is 6.92 Å². The van der Waals surface area contributed by atoms with E-state index in [1.165, 1.54) is 18.4 Å². The normalized spacial score (nSPS) is 21.5. The van der Waals surface area contributed by atoms with E-state index in [0.29, 0.717) is 6.04 Å². The quantitative estimate of drug-likeness (QED) is 0.748. The minimum Gasteiger partial charge on any atom is -0.310 e. The summed E-state index contributed by atoms with van der Waals surface area (Å²) in [5, 5.41) is 7.81. The second-order valence-electron chi connectivity index (χ2n) is 3.49.